The van der Waals surface area contributed by atoms with Crippen LogP contribution in [0.1, 0.15) is 24.2 Å². The fourth-order valence-electron chi connectivity index (χ4n) is 1.77. The van der Waals surface area contributed by atoms with Crippen LogP contribution in [0.5, 0.6) is 0 Å². The number of thioether (sulfide) groups is 1. The summed E-state index contributed by atoms with van der Waals surface area (Å²) in [6, 6.07) is 1.79. The third kappa shape index (κ3) is 9.23. The van der Waals surface area contributed by atoms with Gasteiger partial charge in [-0.3, -0.25) is 15.1 Å². The number of aliphatic imine (C=N–C) groups is 1. The number of rotatable bonds is 10. The van der Waals surface area contributed by atoms with Gasteiger partial charge in [0.05, 0.1) is 18.1 Å². The van der Waals surface area contributed by atoms with Gasteiger partial charge in [-0.1, -0.05) is 0 Å². The van der Waals surface area contributed by atoms with Crippen LogP contribution in [0.25, 0.3) is 0 Å². The van der Waals surface area contributed by atoms with Crippen LogP contribution in [-0.2, 0) is 10.5 Å². The summed E-state index contributed by atoms with van der Waals surface area (Å²) in [5.74, 6) is 1.81. The van der Waals surface area contributed by atoms with Crippen LogP contribution in [0.3, 0.4) is 0 Å². The fraction of sp³-hybridized carbons (Fsp3) is 0.533. The van der Waals surface area contributed by atoms with E-state index >= 15 is 0 Å². The molecular formula is C15H22N8OS. The molecule has 1 rings (SSSR count). The summed E-state index contributed by atoms with van der Waals surface area (Å²) < 4.78 is 0. The lowest BCUT2D eigenvalue weighted by molar-refractivity contribution is -0.120. The molecule has 0 fully saturated rings. The van der Waals surface area contributed by atoms with Crippen molar-refractivity contribution in [3.8, 4) is 12.3 Å². The summed E-state index contributed by atoms with van der Waals surface area (Å²) in [5.41, 5.74) is 2.13. The van der Waals surface area contributed by atoms with Crippen molar-refractivity contribution in [2.45, 2.75) is 25.5 Å². The number of carbonyl (C=O) groups is 1. The van der Waals surface area contributed by atoms with Crippen molar-refractivity contribution in [2.24, 2.45) is 4.99 Å². The number of imidazole rings is 1. The van der Waals surface area contributed by atoms with Gasteiger partial charge in [0.25, 0.3) is 0 Å². The minimum absolute atomic E-state index is 0.137. The number of aryl methyl sites for hydroxylation is 1. The maximum Gasteiger partial charge on any atom is 0.234 e. The van der Waals surface area contributed by atoms with Crippen molar-refractivity contribution in [3.63, 3.8) is 0 Å². The monoisotopic (exact) mass is 362 g/mol. The molecule has 0 aromatic carbocycles. The molecule has 0 spiro atoms. The van der Waals surface area contributed by atoms with E-state index in [1.54, 1.807) is 24.2 Å². The number of nitriles is 2. The Kier molecular flexibility index (Phi) is 10.3. The second kappa shape index (κ2) is 12.7. The molecule has 1 amide bonds. The highest BCUT2D eigenvalue weighted by Crippen LogP contribution is 2.11. The molecule has 0 unspecified atom stereocenters. The number of guanidine groups is 1. The SMILES string of the molecule is Cc1[nH]cnc1CSCCNC(=NCCCNC(=O)CC#N)NC#N. The van der Waals surface area contributed by atoms with Gasteiger partial charge in [-0.2, -0.15) is 22.3 Å². The van der Waals surface area contributed by atoms with E-state index in [2.05, 4.69) is 30.9 Å². The van der Waals surface area contributed by atoms with E-state index in [-0.39, 0.29) is 12.3 Å². The number of aromatic amines is 1. The highest BCUT2D eigenvalue weighted by Gasteiger charge is 2.02. The van der Waals surface area contributed by atoms with Crippen molar-refractivity contribution >= 4 is 23.6 Å². The first-order chi connectivity index (χ1) is 12.2. The number of hydrogen-bond acceptors (Lipinski definition) is 6. The van der Waals surface area contributed by atoms with E-state index in [1.807, 2.05) is 13.1 Å². The van der Waals surface area contributed by atoms with Gasteiger partial charge in [0.2, 0.25) is 11.9 Å². The van der Waals surface area contributed by atoms with E-state index in [4.69, 9.17) is 10.5 Å². The fourth-order valence-corrected chi connectivity index (χ4v) is 2.64. The number of carbonyl (C=O) groups excluding carboxylic acids is 1. The highest BCUT2D eigenvalue weighted by atomic mass is 32.2. The Morgan fingerprint density at radius 3 is 2.92 bits per heavy atom. The minimum atomic E-state index is -0.288. The van der Waals surface area contributed by atoms with E-state index in [1.165, 1.54) is 0 Å². The largest absolute Gasteiger partial charge is 0.355 e. The zero-order chi connectivity index (χ0) is 18.3. The number of aromatic nitrogens is 2. The van der Waals surface area contributed by atoms with Crippen LogP contribution in [0.15, 0.2) is 11.3 Å². The van der Waals surface area contributed by atoms with Crippen LogP contribution >= 0.6 is 11.8 Å². The van der Waals surface area contributed by atoms with E-state index in [9.17, 15) is 4.79 Å². The van der Waals surface area contributed by atoms with Gasteiger partial charge in [0, 0.05) is 36.8 Å². The number of H-pyrrole nitrogens is 1. The molecule has 134 valence electrons. The lowest BCUT2D eigenvalue weighted by Gasteiger charge is -2.08. The van der Waals surface area contributed by atoms with Crippen molar-refractivity contribution in [3.05, 3.63) is 17.7 Å². The zero-order valence-corrected chi connectivity index (χ0v) is 14.9. The molecule has 4 N–H and O–H groups in total. The first-order valence-corrected chi connectivity index (χ1v) is 8.96. The number of nitrogens with zero attached hydrogens (tertiary/aromatic N) is 4. The van der Waals surface area contributed by atoms with Gasteiger partial charge in [-0.25, -0.2) is 4.98 Å². The van der Waals surface area contributed by atoms with Gasteiger partial charge in [-0.05, 0) is 13.3 Å². The predicted molar refractivity (Wildman–Crippen MR) is 96.4 cm³/mol. The summed E-state index contributed by atoms with van der Waals surface area (Å²) in [5, 5.41) is 25.3. The molecule has 0 aliphatic heterocycles. The quantitative estimate of drug-likeness (QED) is 0.155. The van der Waals surface area contributed by atoms with E-state index in [0.29, 0.717) is 32.0 Å². The molecule has 1 aromatic rings. The predicted octanol–water partition coefficient (Wildman–Crippen LogP) is 0.388. The normalized spacial score (nSPS) is 10.6. The smallest absolute Gasteiger partial charge is 0.234 e. The summed E-state index contributed by atoms with van der Waals surface area (Å²) in [6.07, 6.45) is 4.02. The molecule has 0 radical (unpaired) electrons. The van der Waals surface area contributed by atoms with Crippen molar-refractivity contribution < 1.29 is 4.79 Å². The van der Waals surface area contributed by atoms with Gasteiger partial charge in [0.15, 0.2) is 6.19 Å². The maximum atomic E-state index is 11.1. The molecule has 9 nitrogen and oxygen atoms in total. The number of hydrogen-bond donors (Lipinski definition) is 4. The Morgan fingerprint density at radius 2 is 2.24 bits per heavy atom. The Bertz CT molecular complexity index is 643. The van der Waals surface area contributed by atoms with Crippen LogP contribution in [0.2, 0.25) is 0 Å². The standard InChI is InChI=1S/C15H22N8OS/c1-12-13(23-11-22-12)9-25-8-7-20-15(21-10-17)19-6-2-5-18-14(24)3-4-16/h11H,2-3,5-9H2,1H3,(H,18,24)(H,22,23)(H2,19,20,21). The average molecular weight is 362 g/mol. The molecule has 0 atom stereocenters. The molecule has 0 saturated carbocycles. The van der Waals surface area contributed by atoms with Crippen LogP contribution in [-0.4, -0.2) is 47.2 Å². The second-order valence-electron chi connectivity index (χ2n) is 4.96. The molecule has 0 aliphatic rings. The topological polar surface area (TPSA) is 142 Å². The van der Waals surface area contributed by atoms with Crippen LogP contribution in [0.4, 0.5) is 0 Å². The molecule has 25 heavy (non-hydrogen) atoms. The summed E-state index contributed by atoms with van der Waals surface area (Å²) >= 11 is 1.74. The number of amides is 1. The van der Waals surface area contributed by atoms with Crippen molar-refractivity contribution in [1.82, 2.24) is 25.9 Å². The van der Waals surface area contributed by atoms with Gasteiger partial charge in [-0.15, -0.1) is 0 Å². The van der Waals surface area contributed by atoms with Gasteiger partial charge in [0.1, 0.15) is 6.42 Å². The average Bonchev–Trinajstić information content (AvgIpc) is 2.99. The molecule has 10 heteroatoms. The first-order valence-electron chi connectivity index (χ1n) is 7.81. The Morgan fingerprint density at radius 1 is 1.40 bits per heavy atom. The third-order valence-corrected chi connectivity index (χ3v) is 4.02. The Hall–Kier alpha value is -2.72. The van der Waals surface area contributed by atoms with E-state index in [0.717, 1.165) is 22.9 Å². The second-order valence-corrected chi connectivity index (χ2v) is 6.06. The molecule has 1 heterocycles. The summed E-state index contributed by atoms with van der Waals surface area (Å²) in [6.45, 7) is 3.57. The lowest BCUT2D eigenvalue weighted by Crippen LogP contribution is -2.36. The molecular weight excluding hydrogens is 340 g/mol. The van der Waals surface area contributed by atoms with Gasteiger partial charge < -0.3 is 15.6 Å². The zero-order valence-electron chi connectivity index (χ0n) is 14.1. The van der Waals surface area contributed by atoms with E-state index < -0.39 is 0 Å². The Balaban J connectivity index is 2.18. The van der Waals surface area contributed by atoms with Crippen molar-refractivity contribution in [2.75, 3.05) is 25.4 Å². The summed E-state index contributed by atoms with van der Waals surface area (Å²) in [7, 11) is 0. The number of nitrogens with one attached hydrogen (secondary N) is 4. The molecule has 0 saturated heterocycles. The summed E-state index contributed by atoms with van der Waals surface area (Å²) in [4.78, 5) is 22.6. The van der Waals surface area contributed by atoms with Crippen molar-refractivity contribution in [1.29, 1.82) is 10.5 Å². The maximum absolute atomic E-state index is 11.1. The molecule has 0 bridgehead atoms. The van der Waals surface area contributed by atoms with Crippen LogP contribution < -0.4 is 16.0 Å². The highest BCUT2D eigenvalue weighted by molar-refractivity contribution is 7.98. The first kappa shape index (κ1) is 20.3. The van der Waals surface area contributed by atoms with Gasteiger partial charge >= 0.3 is 0 Å². The minimum Gasteiger partial charge on any atom is -0.355 e. The Labute approximate surface area is 151 Å². The third-order valence-electron chi connectivity index (χ3n) is 3.05. The lowest BCUT2D eigenvalue weighted by atomic mass is 10.4. The molecule has 1 aromatic heterocycles. The van der Waals surface area contributed by atoms with Crippen LogP contribution in [0, 0.1) is 29.7 Å². The molecule has 0 aliphatic carbocycles.